The Balaban J connectivity index is 1.61. The maximum Gasteiger partial charge on any atom is 0.307 e. The summed E-state index contributed by atoms with van der Waals surface area (Å²) >= 11 is 0.987. The van der Waals surface area contributed by atoms with E-state index in [4.69, 9.17) is 0 Å². The highest BCUT2D eigenvalue weighted by Gasteiger charge is 2.11. The number of aliphatic hydroxyl groups excluding tert-OH is 1. The molecule has 0 aliphatic rings. The third-order valence-corrected chi connectivity index (χ3v) is 4.68. The first kappa shape index (κ1) is 16.4. The first-order valence-corrected chi connectivity index (χ1v) is 8.51. The van der Waals surface area contributed by atoms with Gasteiger partial charge in [0, 0.05) is 12.6 Å². The summed E-state index contributed by atoms with van der Waals surface area (Å²) in [6.07, 6.45) is 2.89. The molecule has 3 aromatic rings. The van der Waals surface area contributed by atoms with Gasteiger partial charge in [0.05, 0.1) is 16.7 Å². The Kier molecular flexibility index (Phi) is 5.08. The van der Waals surface area contributed by atoms with Crippen LogP contribution in [0.2, 0.25) is 0 Å². The molecule has 0 aliphatic heterocycles. The molecule has 0 saturated carbocycles. The van der Waals surface area contributed by atoms with Gasteiger partial charge in [-0.05, 0) is 30.0 Å². The van der Waals surface area contributed by atoms with E-state index in [0.717, 1.165) is 23.3 Å². The van der Waals surface area contributed by atoms with Crippen LogP contribution in [0, 0.1) is 0 Å². The minimum Gasteiger partial charge on any atom is -0.494 e. The summed E-state index contributed by atoms with van der Waals surface area (Å²) in [5.41, 5.74) is 2.69. The first-order chi connectivity index (χ1) is 11.6. The number of thiazole rings is 1. The third-order valence-electron chi connectivity index (χ3n) is 3.80. The maximum absolute atomic E-state index is 11.2. The second-order valence-electron chi connectivity index (χ2n) is 5.59. The highest BCUT2D eigenvalue weighted by atomic mass is 32.1. The molecule has 0 spiro atoms. The first-order valence-electron chi connectivity index (χ1n) is 7.69. The standard InChI is InChI=1S/C18H18N2O3S/c21-15(9-7-12-4-2-1-3-5-12)14-8-6-13(11-19-14)10-16-17(22)20-18(23)24-16/h1-6,8,11,15,21-22H,7,9-10H2,(H,20,23). The average molecular weight is 342 g/mol. The summed E-state index contributed by atoms with van der Waals surface area (Å²) in [6.45, 7) is 0. The van der Waals surface area contributed by atoms with Gasteiger partial charge in [0.2, 0.25) is 5.88 Å². The number of nitrogens with one attached hydrogen (secondary N) is 1. The predicted molar refractivity (Wildman–Crippen MR) is 93.4 cm³/mol. The Hall–Kier alpha value is -2.44. The SMILES string of the molecule is O=c1[nH]c(O)c(Cc2ccc(C(O)CCc3ccccc3)nc2)s1. The van der Waals surface area contributed by atoms with Crippen LogP contribution < -0.4 is 4.87 Å². The van der Waals surface area contributed by atoms with Crippen molar-refractivity contribution in [1.82, 2.24) is 9.97 Å². The number of pyridine rings is 1. The van der Waals surface area contributed by atoms with Gasteiger partial charge in [0.25, 0.3) is 0 Å². The molecule has 1 atom stereocenters. The molecular weight excluding hydrogens is 324 g/mol. The number of rotatable bonds is 6. The van der Waals surface area contributed by atoms with Gasteiger partial charge in [-0.3, -0.25) is 14.8 Å². The lowest BCUT2D eigenvalue weighted by atomic mass is 10.0. The van der Waals surface area contributed by atoms with E-state index < -0.39 is 6.10 Å². The molecular formula is C18H18N2O3S. The summed E-state index contributed by atoms with van der Waals surface area (Å²) in [7, 11) is 0. The van der Waals surface area contributed by atoms with Gasteiger partial charge in [0.1, 0.15) is 0 Å². The maximum atomic E-state index is 11.2. The van der Waals surface area contributed by atoms with Crippen LogP contribution in [0.25, 0.3) is 0 Å². The number of aliphatic hydroxyl groups is 1. The molecule has 5 nitrogen and oxygen atoms in total. The van der Waals surface area contributed by atoms with Crippen molar-refractivity contribution in [2.24, 2.45) is 0 Å². The fourth-order valence-corrected chi connectivity index (χ4v) is 3.25. The zero-order valence-electron chi connectivity index (χ0n) is 13.0. The molecule has 0 aliphatic carbocycles. The number of aromatic nitrogens is 2. The Morgan fingerprint density at radius 3 is 2.54 bits per heavy atom. The van der Waals surface area contributed by atoms with E-state index in [1.54, 1.807) is 12.3 Å². The van der Waals surface area contributed by atoms with Crippen molar-refractivity contribution in [3.63, 3.8) is 0 Å². The van der Waals surface area contributed by atoms with E-state index >= 15 is 0 Å². The smallest absolute Gasteiger partial charge is 0.307 e. The van der Waals surface area contributed by atoms with Crippen LogP contribution in [0.5, 0.6) is 5.88 Å². The molecule has 0 saturated heterocycles. The molecule has 0 radical (unpaired) electrons. The molecule has 2 aromatic heterocycles. The quantitative estimate of drug-likeness (QED) is 0.643. The zero-order chi connectivity index (χ0) is 16.9. The molecule has 1 aromatic carbocycles. The van der Waals surface area contributed by atoms with E-state index in [1.807, 2.05) is 36.4 Å². The third kappa shape index (κ3) is 4.10. The fraction of sp³-hybridized carbons (Fsp3) is 0.222. The van der Waals surface area contributed by atoms with E-state index in [9.17, 15) is 15.0 Å². The lowest BCUT2D eigenvalue weighted by Crippen LogP contribution is -2.02. The van der Waals surface area contributed by atoms with E-state index in [2.05, 4.69) is 9.97 Å². The summed E-state index contributed by atoms with van der Waals surface area (Å²) in [5.74, 6) is -0.0861. The van der Waals surface area contributed by atoms with Crippen LogP contribution in [-0.4, -0.2) is 20.2 Å². The van der Waals surface area contributed by atoms with Gasteiger partial charge < -0.3 is 10.2 Å². The van der Waals surface area contributed by atoms with Gasteiger partial charge in [-0.2, -0.15) is 0 Å². The Bertz CT molecular complexity index is 841. The van der Waals surface area contributed by atoms with Crippen molar-refractivity contribution < 1.29 is 10.2 Å². The summed E-state index contributed by atoms with van der Waals surface area (Å²) < 4.78 is 0. The van der Waals surface area contributed by atoms with Crippen molar-refractivity contribution in [1.29, 1.82) is 0 Å². The van der Waals surface area contributed by atoms with Crippen molar-refractivity contribution in [2.75, 3.05) is 0 Å². The van der Waals surface area contributed by atoms with Crippen LogP contribution in [0.4, 0.5) is 0 Å². The normalized spacial score (nSPS) is 12.2. The van der Waals surface area contributed by atoms with Gasteiger partial charge in [-0.15, -0.1) is 0 Å². The van der Waals surface area contributed by atoms with Crippen molar-refractivity contribution in [3.8, 4) is 5.88 Å². The number of benzene rings is 1. The summed E-state index contributed by atoms with van der Waals surface area (Å²) in [5, 5.41) is 19.9. The molecule has 0 amide bonds. The highest BCUT2D eigenvalue weighted by molar-refractivity contribution is 7.09. The summed E-state index contributed by atoms with van der Waals surface area (Å²) in [4.78, 5) is 18.2. The molecule has 2 heterocycles. The lowest BCUT2D eigenvalue weighted by molar-refractivity contribution is 0.163. The Morgan fingerprint density at radius 2 is 1.92 bits per heavy atom. The topological polar surface area (TPSA) is 86.2 Å². The molecule has 3 N–H and O–H groups in total. The fourth-order valence-electron chi connectivity index (χ4n) is 2.49. The summed E-state index contributed by atoms with van der Waals surface area (Å²) in [6, 6.07) is 13.7. The molecule has 3 rings (SSSR count). The van der Waals surface area contributed by atoms with E-state index in [0.29, 0.717) is 23.4 Å². The Labute approximate surface area is 143 Å². The number of aromatic hydroxyl groups is 1. The molecule has 6 heteroatoms. The van der Waals surface area contributed by atoms with Gasteiger partial charge in [-0.1, -0.05) is 47.7 Å². The lowest BCUT2D eigenvalue weighted by Gasteiger charge is -2.10. The largest absolute Gasteiger partial charge is 0.494 e. The predicted octanol–water partition coefficient (Wildman–Crippen LogP) is 2.79. The minimum atomic E-state index is -0.615. The van der Waals surface area contributed by atoms with Crippen molar-refractivity contribution >= 4 is 11.3 Å². The van der Waals surface area contributed by atoms with Crippen LogP contribution >= 0.6 is 11.3 Å². The number of hydrogen-bond acceptors (Lipinski definition) is 5. The molecule has 1 unspecified atom stereocenters. The van der Waals surface area contributed by atoms with Crippen LogP contribution in [0.15, 0.2) is 53.5 Å². The van der Waals surface area contributed by atoms with Crippen molar-refractivity contribution in [3.05, 3.63) is 80.0 Å². The van der Waals surface area contributed by atoms with Crippen molar-refractivity contribution in [2.45, 2.75) is 25.4 Å². The number of H-pyrrole nitrogens is 1. The zero-order valence-corrected chi connectivity index (χ0v) is 13.8. The van der Waals surface area contributed by atoms with Gasteiger partial charge in [-0.25, -0.2) is 0 Å². The number of hydrogen-bond donors (Lipinski definition) is 3. The number of aromatic amines is 1. The van der Waals surface area contributed by atoms with Gasteiger partial charge >= 0.3 is 4.87 Å². The molecule has 24 heavy (non-hydrogen) atoms. The average Bonchev–Trinajstić information content (AvgIpc) is 2.91. The monoisotopic (exact) mass is 342 g/mol. The Morgan fingerprint density at radius 1 is 1.12 bits per heavy atom. The second kappa shape index (κ2) is 7.42. The second-order valence-corrected chi connectivity index (χ2v) is 6.66. The highest BCUT2D eigenvalue weighted by Crippen LogP contribution is 2.22. The number of nitrogens with zero attached hydrogens (tertiary/aromatic N) is 1. The van der Waals surface area contributed by atoms with Crippen LogP contribution in [0.3, 0.4) is 0 Å². The molecule has 0 fully saturated rings. The minimum absolute atomic E-state index is 0.0861. The van der Waals surface area contributed by atoms with E-state index in [-0.39, 0.29) is 10.8 Å². The number of aryl methyl sites for hydroxylation is 1. The van der Waals surface area contributed by atoms with E-state index in [1.165, 1.54) is 5.56 Å². The van der Waals surface area contributed by atoms with Crippen LogP contribution in [-0.2, 0) is 12.8 Å². The molecule has 124 valence electrons. The van der Waals surface area contributed by atoms with Gasteiger partial charge in [0.15, 0.2) is 0 Å². The van der Waals surface area contributed by atoms with Crippen LogP contribution in [0.1, 0.15) is 34.2 Å². The molecule has 0 bridgehead atoms.